The van der Waals surface area contributed by atoms with Gasteiger partial charge in [-0.25, -0.2) is 4.39 Å². The first-order valence-electron chi connectivity index (χ1n) is 6.15. The maximum atomic E-state index is 13.9. The number of H-pyrrole nitrogens is 1. The molecular weight excluding hydrogens is 257 g/mol. The molecule has 5 heteroatoms. The van der Waals surface area contributed by atoms with Crippen LogP contribution in [0.3, 0.4) is 0 Å². The number of hydrogen-bond donors (Lipinski definition) is 2. The maximum absolute atomic E-state index is 13.9. The summed E-state index contributed by atoms with van der Waals surface area (Å²) in [6.45, 7) is 1.63. The van der Waals surface area contributed by atoms with E-state index in [9.17, 15) is 9.18 Å². The molecule has 0 fully saturated rings. The molecule has 0 saturated heterocycles. The highest BCUT2D eigenvalue weighted by atomic mass is 19.1. The van der Waals surface area contributed by atoms with E-state index in [-0.39, 0.29) is 5.56 Å². The van der Waals surface area contributed by atoms with Crippen LogP contribution in [-0.2, 0) is 0 Å². The van der Waals surface area contributed by atoms with Crippen LogP contribution in [-0.4, -0.2) is 16.1 Å². The second-order valence-electron chi connectivity index (χ2n) is 4.53. The van der Waals surface area contributed by atoms with Gasteiger partial charge in [-0.3, -0.25) is 9.89 Å². The van der Waals surface area contributed by atoms with Gasteiger partial charge in [0.15, 0.2) is 0 Å². The second kappa shape index (κ2) is 4.77. The van der Waals surface area contributed by atoms with E-state index in [0.717, 1.165) is 10.9 Å². The zero-order valence-corrected chi connectivity index (χ0v) is 10.8. The van der Waals surface area contributed by atoms with Crippen molar-refractivity contribution in [1.29, 1.82) is 0 Å². The van der Waals surface area contributed by atoms with Gasteiger partial charge in [0.1, 0.15) is 5.82 Å². The minimum atomic E-state index is -0.496. The van der Waals surface area contributed by atoms with E-state index >= 15 is 0 Å². The quantitative estimate of drug-likeness (QED) is 0.750. The molecule has 0 saturated carbocycles. The average Bonchev–Trinajstić information content (AvgIpc) is 2.91. The summed E-state index contributed by atoms with van der Waals surface area (Å²) in [7, 11) is 0. The van der Waals surface area contributed by atoms with Crippen LogP contribution in [0.4, 0.5) is 10.1 Å². The number of amides is 1. The largest absolute Gasteiger partial charge is 0.321 e. The molecule has 100 valence electrons. The topological polar surface area (TPSA) is 57.8 Å². The molecule has 0 bridgehead atoms. The summed E-state index contributed by atoms with van der Waals surface area (Å²) >= 11 is 0. The maximum Gasteiger partial charge on any atom is 0.258 e. The lowest BCUT2D eigenvalue weighted by atomic mass is 10.1. The molecule has 0 unspecified atom stereocenters. The minimum absolute atomic E-state index is 0.0329. The van der Waals surface area contributed by atoms with Gasteiger partial charge in [0.05, 0.1) is 23.0 Å². The summed E-state index contributed by atoms with van der Waals surface area (Å²) < 4.78 is 13.9. The fourth-order valence-corrected chi connectivity index (χ4v) is 2.09. The Morgan fingerprint density at radius 1 is 1.25 bits per heavy atom. The Hall–Kier alpha value is -2.69. The first kappa shape index (κ1) is 12.3. The molecule has 0 atom stereocenters. The van der Waals surface area contributed by atoms with Crippen LogP contribution in [0.2, 0.25) is 0 Å². The third-order valence-electron chi connectivity index (χ3n) is 3.17. The summed E-state index contributed by atoms with van der Waals surface area (Å²) in [6, 6.07) is 10.2. The van der Waals surface area contributed by atoms with Crippen molar-refractivity contribution < 1.29 is 9.18 Å². The second-order valence-corrected chi connectivity index (χ2v) is 4.53. The highest BCUT2D eigenvalue weighted by Gasteiger charge is 2.14. The van der Waals surface area contributed by atoms with Gasteiger partial charge >= 0.3 is 0 Å². The van der Waals surface area contributed by atoms with Crippen LogP contribution < -0.4 is 5.32 Å². The number of aryl methyl sites for hydroxylation is 1. The first-order valence-corrected chi connectivity index (χ1v) is 6.15. The summed E-state index contributed by atoms with van der Waals surface area (Å²) in [4.78, 5) is 12.2. The number of aromatic amines is 1. The van der Waals surface area contributed by atoms with Gasteiger partial charge < -0.3 is 5.32 Å². The van der Waals surface area contributed by atoms with E-state index in [4.69, 9.17) is 0 Å². The average molecular weight is 269 g/mol. The number of rotatable bonds is 2. The van der Waals surface area contributed by atoms with Gasteiger partial charge in [-0.15, -0.1) is 0 Å². The van der Waals surface area contributed by atoms with Crippen molar-refractivity contribution in [2.45, 2.75) is 6.92 Å². The van der Waals surface area contributed by atoms with Gasteiger partial charge in [0.2, 0.25) is 0 Å². The standard InChI is InChI=1S/C15H12FN3O/c1-9-4-2-5-10(14(9)16)15(20)18-12-6-3-7-13-11(12)8-17-19-13/h2-8H,1H3,(H,17,19)(H,18,20). The molecule has 3 aromatic rings. The van der Waals surface area contributed by atoms with Crippen molar-refractivity contribution in [3.05, 3.63) is 59.5 Å². The molecule has 0 spiro atoms. The molecule has 1 aromatic heterocycles. The molecule has 4 nitrogen and oxygen atoms in total. The number of aromatic nitrogens is 2. The Kier molecular flexibility index (Phi) is 2.95. The Morgan fingerprint density at radius 2 is 2.05 bits per heavy atom. The fraction of sp³-hybridized carbons (Fsp3) is 0.0667. The zero-order valence-electron chi connectivity index (χ0n) is 10.8. The van der Waals surface area contributed by atoms with E-state index in [0.29, 0.717) is 11.3 Å². The molecule has 0 aliphatic heterocycles. The molecule has 20 heavy (non-hydrogen) atoms. The van der Waals surface area contributed by atoms with Crippen molar-refractivity contribution in [3.8, 4) is 0 Å². The van der Waals surface area contributed by atoms with Crippen LogP contribution >= 0.6 is 0 Å². The third kappa shape index (κ3) is 2.03. The monoisotopic (exact) mass is 269 g/mol. The summed E-state index contributed by atoms with van der Waals surface area (Å²) in [6.07, 6.45) is 1.62. The number of halogens is 1. The van der Waals surface area contributed by atoms with E-state index in [1.165, 1.54) is 6.07 Å². The molecule has 1 heterocycles. The van der Waals surface area contributed by atoms with E-state index < -0.39 is 11.7 Å². The number of benzene rings is 2. The number of fused-ring (bicyclic) bond motifs is 1. The van der Waals surface area contributed by atoms with Gasteiger partial charge in [-0.05, 0) is 30.7 Å². The van der Waals surface area contributed by atoms with Crippen molar-refractivity contribution >= 4 is 22.5 Å². The summed E-state index contributed by atoms with van der Waals surface area (Å²) in [5, 5.41) is 10.2. The van der Waals surface area contributed by atoms with Crippen LogP contribution in [0, 0.1) is 12.7 Å². The van der Waals surface area contributed by atoms with E-state index in [2.05, 4.69) is 15.5 Å². The summed E-state index contributed by atoms with van der Waals surface area (Å²) in [5.74, 6) is -0.968. The predicted molar refractivity (Wildman–Crippen MR) is 75.2 cm³/mol. The minimum Gasteiger partial charge on any atom is -0.321 e. The number of nitrogens with zero attached hydrogens (tertiary/aromatic N) is 1. The van der Waals surface area contributed by atoms with Gasteiger partial charge in [0.25, 0.3) is 5.91 Å². The third-order valence-corrected chi connectivity index (χ3v) is 3.17. The Labute approximate surface area is 114 Å². The number of hydrogen-bond acceptors (Lipinski definition) is 2. The van der Waals surface area contributed by atoms with Crippen LogP contribution in [0.25, 0.3) is 10.9 Å². The Balaban J connectivity index is 1.97. The van der Waals surface area contributed by atoms with Crippen molar-refractivity contribution in [3.63, 3.8) is 0 Å². The van der Waals surface area contributed by atoms with Crippen LogP contribution in [0.5, 0.6) is 0 Å². The lowest BCUT2D eigenvalue weighted by molar-refractivity contribution is 0.102. The van der Waals surface area contributed by atoms with Gasteiger partial charge in [-0.1, -0.05) is 18.2 Å². The summed E-state index contributed by atoms with van der Waals surface area (Å²) in [5.41, 5.74) is 1.89. The molecule has 3 rings (SSSR count). The smallest absolute Gasteiger partial charge is 0.258 e. The molecule has 0 aliphatic carbocycles. The number of carbonyl (C=O) groups excluding carboxylic acids is 1. The lowest BCUT2D eigenvalue weighted by Crippen LogP contribution is -2.14. The first-order chi connectivity index (χ1) is 9.66. The van der Waals surface area contributed by atoms with Gasteiger partial charge in [0, 0.05) is 5.39 Å². The number of anilines is 1. The van der Waals surface area contributed by atoms with Crippen LogP contribution in [0.1, 0.15) is 15.9 Å². The molecule has 2 N–H and O–H groups in total. The zero-order chi connectivity index (χ0) is 14.1. The van der Waals surface area contributed by atoms with Crippen LogP contribution in [0.15, 0.2) is 42.6 Å². The van der Waals surface area contributed by atoms with Crippen molar-refractivity contribution in [2.75, 3.05) is 5.32 Å². The highest BCUT2D eigenvalue weighted by Crippen LogP contribution is 2.22. The van der Waals surface area contributed by atoms with E-state index in [1.807, 2.05) is 6.07 Å². The van der Waals surface area contributed by atoms with Crippen molar-refractivity contribution in [1.82, 2.24) is 10.2 Å². The lowest BCUT2D eigenvalue weighted by Gasteiger charge is -2.08. The molecular formula is C15H12FN3O. The SMILES string of the molecule is Cc1cccc(C(=O)Nc2cccc3[nH]ncc23)c1F. The molecule has 1 amide bonds. The fourth-order valence-electron chi connectivity index (χ4n) is 2.09. The number of nitrogens with one attached hydrogen (secondary N) is 2. The molecule has 0 radical (unpaired) electrons. The van der Waals surface area contributed by atoms with Crippen molar-refractivity contribution in [2.24, 2.45) is 0 Å². The predicted octanol–water partition coefficient (Wildman–Crippen LogP) is 3.26. The molecule has 0 aliphatic rings. The van der Waals surface area contributed by atoms with E-state index in [1.54, 1.807) is 37.4 Å². The highest BCUT2D eigenvalue weighted by molar-refractivity contribution is 6.08. The molecule has 2 aromatic carbocycles. The van der Waals surface area contributed by atoms with Gasteiger partial charge in [-0.2, -0.15) is 5.10 Å². The Bertz CT molecular complexity index is 795. The number of carbonyl (C=O) groups is 1. The Morgan fingerprint density at radius 3 is 2.90 bits per heavy atom. The normalized spacial score (nSPS) is 10.7.